The molecule has 0 spiro atoms. The SMILES string of the molecule is CC1CCC(c2nc(=S)cc(-c3cnn(C)c3)[nH]2)C1. The van der Waals surface area contributed by atoms with Crippen molar-refractivity contribution >= 4 is 12.2 Å². The molecule has 2 heterocycles. The normalized spacial score (nSPS) is 22.8. The van der Waals surface area contributed by atoms with Gasteiger partial charge in [-0.25, -0.2) is 4.98 Å². The van der Waals surface area contributed by atoms with Crippen LogP contribution in [0.4, 0.5) is 0 Å². The van der Waals surface area contributed by atoms with Crippen molar-refractivity contribution in [2.75, 3.05) is 0 Å². The van der Waals surface area contributed by atoms with Crippen LogP contribution in [0.15, 0.2) is 18.5 Å². The van der Waals surface area contributed by atoms with Crippen molar-refractivity contribution in [2.24, 2.45) is 13.0 Å². The maximum absolute atomic E-state index is 5.30. The van der Waals surface area contributed by atoms with E-state index in [0.29, 0.717) is 10.6 Å². The first-order valence-corrected chi connectivity index (χ1v) is 7.13. The molecule has 2 aromatic rings. The number of aromatic amines is 1. The molecule has 2 unspecified atom stereocenters. The van der Waals surface area contributed by atoms with Gasteiger partial charge in [-0.2, -0.15) is 5.10 Å². The highest BCUT2D eigenvalue weighted by atomic mass is 32.1. The van der Waals surface area contributed by atoms with Crippen molar-refractivity contribution in [1.29, 1.82) is 0 Å². The van der Waals surface area contributed by atoms with Crippen LogP contribution in [0.1, 0.15) is 37.9 Å². The Hall–Kier alpha value is -1.49. The van der Waals surface area contributed by atoms with Gasteiger partial charge in [-0.3, -0.25) is 4.68 Å². The van der Waals surface area contributed by atoms with E-state index >= 15 is 0 Å². The summed E-state index contributed by atoms with van der Waals surface area (Å²) in [5, 5.41) is 4.20. The van der Waals surface area contributed by atoms with Crippen LogP contribution in [-0.2, 0) is 7.05 Å². The van der Waals surface area contributed by atoms with E-state index in [1.807, 2.05) is 25.5 Å². The third kappa shape index (κ3) is 2.61. The van der Waals surface area contributed by atoms with Gasteiger partial charge in [0, 0.05) is 24.7 Å². The van der Waals surface area contributed by atoms with Gasteiger partial charge in [0.25, 0.3) is 0 Å². The molecule has 0 aromatic carbocycles. The van der Waals surface area contributed by atoms with Crippen LogP contribution < -0.4 is 0 Å². The number of hydrogen-bond donors (Lipinski definition) is 1. The molecule has 3 rings (SSSR count). The summed E-state index contributed by atoms with van der Waals surface area (Å²) in [5.74, 6) is 2.35. The molecule has 1 aliphatic rings. The third-order valence-electron chi connectivity index (χ3n) is 3.86. The number of hydrogen-bond acceptors (Lipinski definition) is 3. The van der Waals surface area contributed by atoms with Gasteiger partial charge in [-0.1, -0.05) is 19.1 Å². The molecule has 1 N–H and O–H groups in total. The number of H-pyrrole nitrogens is 1. The molecule has 100 valence electrons. The van der Waals surface area contributed by atoms with E-state index in [1.54, 1.807) is 4.68 Å². The zero-order valence-electron chi connectivity index (χ0n) is 11.3. The van der Waals surface area contributed by atoms with Crippen LogP contribution in [0.25, 0.3) is 11.3 Å². The first kappa shape index (κ1) is 12.5. The van der Waals surface area contributed by atoms with E-state index in [-0.39, 0.29) is 0 Å². The van der Waals surface area contributed by atoms with Gasteiger partial charge in [0.1, 0.15) is 10.5 Å². The van der Waals surface area contributed by atoms with Crippen LogP contribution in [0, 0.1) is 10.6 Å². The van der Waals surface area contributed by atoms with E-state index in [4.69, 9.17) is 12.2 Å². The average molecular weight is 274 g/mol. The smallest absolute Gasteiger partial charge is 0.130 e. The minimum Gasteiger partial charge on any atom is -0.343 e. The Morgan fingerprint density at radius 2 is 2.26 bits per heavy atom. The molecule has 4 nitrogen and oxygen atoms in total. The summed E-state index contributed by atoms with van der Waals surface area (Å²) in [6.45, 7) is 2.31. The summed E-state index contributed by atoms with van der Waals surface area (Å²) in [5.41, 5.74) is 2.07. The lowest BCUT2D eigenvalue weighted by Crippen LogP contribution is -2.02. The van der Waals surface area contributed by atoms with E-state index in [2.05, 4.69) is 22.0 Å². The minimum absolute atomic E-state index is 0.522. The fraction of sp³-hybridized carbons (Fsp3) is 0.500. The monoisotopic (exact) mass is 274 g/mol. The molecule has 19 heavy (non-hydrogen) atoms. The Balaban J connectivity index is 1.99. The second-order valence-corrected chi connectivity index (χ2v) is 5.95. The summed E-state index contributed by atoms with van der Waals surface area (Å²) in [6.07, 6.45) is 7.53. The van der Waals surface area contributed by atoms with Crippen molar-refractivity contribution < 1.29 is 0 Å². The molecule has 0 bridgehead atoms. The predicted molar refractivity (Wildman–Crippen MR) is 77.4 cm³/mol. The zero-order chi connectivity index (χ0) is 13.4. The van der Waals surface area contributed by atoms with Crippen LogP contribution in [-0.4, -0.2) is 19.7 Å². The van der Waals surface area contributed by atoms with Crippen molar-refractivity contribution in [2.45, 2.75) is 32.1 Å². The zero-order valence-corrected chi connectivity index (χ0v) is 12.1. The second-order valence-electron chi connectivity index (χ2n) is 5.54. The summed E-state index contributed by atoms with van der Waals surface area (Å²) in [6, 6.07) is 1.91. The molecule has 2 aromatic heterocycles. The number of aryl methyl sites for hydroxylation is 1. The Morgan fingerprint density at radius 1 is 1.42 bits per heavy atom. The van der Waals surface area contributed by atoms with E-state index in [1.165, 1.54) is 19.3 Å². The van der Waals surface area contributed by atoms with Gasteiger partial charge in [-0.05, 0) is 31.2 Å². The number of aromatic nitrogens is 4. The summed E-state index contributed by atoms with van der Waals surface area (Å²) < 4.78 is 2.46. The standard InChI is InChI=1S/C14H18N4S/c1-9-3-4-10(5-9)14-16-12(6-13(19)17-14)11-7-15-18(2)8-11/h6-10H,3-5H2,1-2H3,(H,16,17,19). The van der Waals surface area contributed by atoms with Gasteiger partial charge in [0.15, 0.2) is 0 Å². The lowest BCUT2D eigenvalue weighted by Gasteiger charge is -2.10. The second kappa shape index (κ2) is 4.89. The molecule has 0 saturated heterocycles. The maximum Gasteiger partial charge on any atom is 0.130 e. The highest BCUT2D eigenvalue weighted by molar-refractivity contribution is 7.71. The van der Waals surface area contributed by atoms with Crippen LogP contribution in [0.3, 0.4) is 0 Å². The number of nitrogens with one attached hydrogen (secondary N) is 1. The third-order valence-corrected chi connectivity index (χ3v) is 4.07. The Bertz CT molecular complexity index is 643. The molecule has 1 aliphatic carbocycles. The highest BCUT2D eigenvalue weighted by Crippen LogP contribution is 2.36. The fourth-order valence-corrected chi connectivity index (χ4v) is 3.06. The number of nitrogens with zero attached hydrogens (tertiary/aromatic N) is 3. The van der Waals surface area contributed by atoms with Gasteiger partial charge in [0.05, 0.1) is 11.9 Å². The van der Waals surface area contributed by atoms with E-state index < -0.39 is 0 Å². The van der Waals surface area contributed by atoms with Crippen LogP contribution in [0.5, 0.6) is 0 Å². The van der Waals surface area contributed by atoms with Crippen molar-refractivity contribution in [3.05, 3.63) is 28.9 Å². The number of rotatable bonds is 2. The largest absolute Gasteiger partial charge is 0.343 e. The summed E-state index contributed by atoms with van der Waals surface area (Å²) >= 11 is 5.30. The minimum atomic E-state index is 0.522. The predicted octanol–water partition coefficient (Wildman–Crippen LogP) is 3.44. The molecule has 1 fully saturated rings. The first-order chi connectivity index (χ1) is 9.11. The fourth-order valence-electron chi connectivity index (χ4n) is 2.84. The van der Waals surface area contributed by atoms with Crippen LogP contribution in [0.2, 0.25) is 0 Å². The van der Waals surface area contributed by atoms with Gasteiger partial charge in [-0.15, -0.1) is 0 Å². The Labute approximate surface area is 117 Å². The quantitative estimate of drug-likeness (QED) is 0.853. The highest BCUT2D eigenvalue weighted by Gasteiger charge is 2.24. The van der Waals surface area contributed by atoms with E-state index in [9.17, 15) is 0 Å². The molecular weight excluding hydrogens is 256 g/mol. The molecule has 0 amide bonds. The molecule has 0 radical (unpaired) electrons. The molecule has 0 aliphatic heterocycles. The topological polar surface area (TPSA) is 46.5 Å². The van der Waals surface area contributed by atoms with Crippen molar-refractivity contribution in [3.63, 3.8) is 0 Å². The van der Waals surface area contributed by atoms with Crippen molar-refractivity contribution in [1.82, 2.24) is 19.7 Å². The first-order valence-electron chi connectivity index (χ1n) is 6.72. The Morgan fingerprint density at radius 3 is 2.89 bits per heavy atom. The van der Waals surface area contributed by atoms with Gasteiger partial charge in [0.2, 0.25) is 0 Å². The van der Waals surface area contributed by atoms with Gasteiger partial charge >= 0.3 is 0 Å². The Kier molecular flexibility index (Phi) is 3.22. The summed E-state index contributed by atoms with van der Waals surface area (Å²) in [4.78, 5) is 7.96. The average Bonchev–Trinajstić information content (AvgIpc) is 2.97. The van der Waals surface area contributed by atoms with E-state index in [0.717, 1.165) is 23.0 Å². The van der Waals surface area contributed by atoms with Gasteiger partial charge < -0.3 is 4.98 Å². The molecular formula is C14H18N4S. The summed E-state index contributed by atoms with van der Waals surface area (Å²) in [7, 11) is 1.92. The molecule has 1 saturated carbocycles. The van der Waals surface area contributed by atoms with Crippen molar-refractivity contribution in [3.8, 4) is 11.3 Å². The van der Waals surface area contributed by atoms with Crippen LogP contribution >= 0.6 is 12.2 Å². The lowest BCUT2D eigenvalue weighted by molar-refractivity contribution is 0.585. The molecule has 5 heteroatoms. The molecule has 2 atom stereocenters. The lowest BCUT2D eigenvalue weighted by atomic mass is 10.1. The maximum atomic E-state index is 5.30.